The van der Waals surface area contributed by atoms with Crippen LogP contribution >= 0.6 is 11.8 Å². The average Bonchev–Trinajstić information content (AvgIpc) is 3.31. The number of hydrogen-bond donors (Lipinski definition) is 1. The molecule has 0 saturated carbocycles. The van der Waals surface area contributed by atoms with Crippen molar-refractivity contribution in [2.24, 2.45) is 0 Å². The number of nitrogens with zero attached hydrogens (tertiary/aromatic N) is 3. The number of thioether (sulfide) groups is 1. The Morgan fingerprint density at radius 1 is 1.00 bits per heavy atom. The number of fused-ring (bicyclic) bond motifs is 1. The van der Waals surface area contributed by atoms with Crippen molar-refractivity contribution < 1.29 is 9.53 Å². The summed E-state index contributed by atoms with van der Waals surface area (Å²) in [6.45, 7) is 2.11. The summed E-state index contributed by atoms with van der Waals surface area (Å²) in [6.07, 6.45) is 0.939. The van der Waals surface area contributed by atoms with Gasteiger partial charge >= 0.3 is 0 Å². The quantitative estimate of drug-likeness (QED) is 0.404. The topological polar surface area (TPSA) is 69.0 Å². The predicted octanol–water partition coefficient (Wildman–Crippen LogP) is 5.16. The van der Waals surface area contributed by atoms with E-state index in [-0.39, 0.29) is 11.8 Å². The maximum atomic E-state index is 13.6. The molecule has 3 aromatic carbocycles. The molecule has 33 heavy (non-hydrogen) atoms. The van der Waals surface area contributed by atoms with Crippen LogP contribution in [0.15, 0.2) is 84.0 Å². The lowest BCUT2D eigenvalue weighted by atomic mass is 9.96. The molecule has 0 bridgehead atoms. The van der Waals surface area contributed by atoms with Crippen molar-refractivity contribution in [2.45, 2.75) is 29.8 Å². The Labute approximate surface area is 197 Å². The van der Waals surface area contributed by atoms with Crippen molar-refractivity contribution in [3.63, 3.8) is 0 Å². The number of Topliss-reactive ketones (excluding diaryl/α,β-unsaturated/α-hetero) is 1. The highest BCUT2D eigenvalue weighted by molar-refractivity contribution is 8.00. The number of nitrogens with one attached hydrogen (secondary N) is 1. The molecule has 4 aromatic rings. The SMILES string of the molecule is CCc1ccc(C(=O)[C@H]2Sc3nnc(-c4ccccc4)n3N[C@@H]2c2ccc(OC)cc2)cc1. The number of hydrogen-bond acceptors (Lipinski definition) is 6. The number of ketones is 1. The first-order chi connectivity index (χ1) is 16.2. The lowest BCUT2D eigenvalue weighted by molar-refractivity contribution is 0.0980. The van der Waals surface area contributed by atoms with Gasteiger partial charge in [0.1, 0.15) is 11.0 Å². The molecule has 0 amide bonds. The molecule has 1 aliphatic rings. The maximum absolute atomic E-state index is 13.6. The van der Waals surface area contributed by atoms with E-state index in [0.717, 1.165) is 29.1 Å². The third kappa shape index (κ3) is 4.12. The molecule has 2 atom stereocenters. The van der Waals surface area contributed by atoms with Crippen LogP contribution in [-0.4, -0.2) is 33.0 Å². The fourth-order valence-electron chi connectivity index (χ4n) is 3.96. The van der Waals surface area contributed by atoms with Crippen LogP contribution in [0.25, 0.3) is 11.4 Å². The molecular formula is C26H24N4O2S. The number of aryl methyl sites for hydroxylation is 1. The third-order valence-corrected chi connectivity index (χ3v) is 7.06. The van der Waals surface area contributed by atoms with E-state index in [1.54, 1.807) is 7.11 Å². The van der Waals surface area contributed by atoms with Gasteiger partial charge < -0.3 is 10.2 Å². The number of aromatic nitrogens is 3. The minimum atomic E-state index is -0.397. The number of carbonyl (C=O) groups excluding carboxylic acids is 1. The molecule has 0 unspecified atom stereocenters. The number of ether oxygens (including phenoxy) is 1. The van der Waals surface area contributed by atoms with Crippen LogP contribution in [-0.2, 0) is 6.42 Å². The maximum Gasteiger partial charge on any atom is 0.211 e. The molecule has 2 heterocycles. The summed E-state index contributed by atoms with van der Waals surface area (Å²) in [5, 5.41) is 9.07. The highest BCUT2D eigenvalue weighted by Gasteiger charge is 2.38. The summed E-state index contributed by atoms with van der Waals surface area (Å²) in [4.78, 5) is 13.6. The first-order valence-electron chi connectivity index (χ1n) is 10.9. The number of carbonyl (C=O) groups is 1. The zero-order valence-corrected chi connectivity index (χ0v) is 19.3. The molecular weight excluding hydrogens is 432 g/mol. The van der Waals surface area contributed by atoms with Crippen LogP contribution in [0.2, 0.25) is 0 Å². The molecule has 0 saturated heterocycles. The van der Waals surface area contributed by atoms with Gasteiger partial charge in [0.25, 0.3) is 0 Å². The smallest absolute Gasteiger partial charge is 0.211 e. The predicted molar refractivity (Wildman–Crippen MR) is 130 cm³/mol. The minimum absolute atomic E-state index is 0.0616. The van der Waals surface area contributed by atoms with Crippen LogP contribution in [0, 0.1) is 0 Å². The van der Waals surface area contributed by atoms with Crippen LogP contribution in [0.3, 0.4) is 0 Å². The third-order valence-electron chi connectivity index (χ3n) is 5.85. The summed E-state index contributed by atoms with van der Waals surface area (Å²) >= 11 is 1.44. The molecule has 1 aliphatic heterocycles. The number of benzene rings is 3. The summed E-state index contributed by atoms with van der Waals surface area (Å²) in [7, 11) is 1.64. The molecule has 1 aromatic heterocycles. The van der Waals surface area contributed by atoms with Gasteiger partial charge in [-0.3, -0.25) is 4.79 Å². The Hall–Kier alpha value is -3.58. The van der Waals surface area contributed by atoms with Gasteiger partial charge in [0.2, 0.25) is 5.16 Å². The summed E-state index contributed by atoms with van der Waals surface area (Å²) in [6, 6.07) is 25.3. The van der Waals surface area contributed by atoms with Crippen molar-refractivity contribution >= 4 is 17.5 Å². The fraction of sp³-hybridized carbons (Fsp3) is 0.192. The van der Waals surface area contributed by atoms with E-state index in [1.807, 2.05) is 83.5 Å². The zero-order chi connectivity index (χ0) is 22.8. The molecule has 6 nitrogen and oxygen atoms in total. The minimum Gasteiger partial charge on any atom is -0.497 e. The van der Waals surface area contributed by atoms with Crippen LogP contribution in [0.5, 0.6) is 5.75 Å². The van der Waals surface area contributed by atoms with Crippen LogP contribution in [0.4, 0.5) is 0 Å². The lowest BCUT2D eigenvalue weighted by Crippen LogP contribution is -2.39. The zero-order valence-electron chi connectivity index (χ0n) is 18.4. The molecule has 166 valence electrons. The highest BCUT2D eigenvalue weighted by atomic mass is 32.2. The van der Waals surface area contributed by atoms with E-state index in [2.05, 4.69) is 22.5 Å². The van der Waals surface area contributed by atoms with Gasteiger partial charge in [-0.1, -0.05) is 85.4 Å². The van der Waals surface area contributed by atoms with Crippen molar-refractivity contribution in [3.8, 4) is 17.1 Å². The van der Waals surface area contributed by atoms with Crippen molar-refractivity contribution in [3.05, 3.63) is 95.6 Å². The van der Waals surface area contributed by atoms with E-state index in [4.69, 9.17) is 4.74 Å². The Kier molecular flexibility index (Phi) is 5.88. The van der Waals surface area contributed by atoms with Crippen molar-refractivity contribution in [2.75, 3.05) is 12.5 Å². The van der Waals surface area contributed by atoms with E-state index >= 15 is 0 Å². The van der Waals surface area contributed by atoms with Crippen LogP contribution in [0.1, 0.15) is 34.5 Å². The summed E-state index contributed by atoms with van der Waals surface area (Å²) < 4.78 is 7.21. The number of rotatable bonds is 6. The first-order valence-corrected chi connectivity index (χ1v) is 11.8. The molecule has 5 rings (SSSR count). The average molecular weight is 457 g/mol. The monoisotopic (exact) mass is 456 g/mol. The molecule has 0 fully saturated rings. The molecule has 0 radical (unpaired) electrons. The van der Waals surface area contributed by atoms with Gasteiger partial charge in [-0.25, -0.2) is 4.68 Å². The first kappa shape index (κ1) is 21.3. The Bertz CT molecular complexity index is 1250. The van der Waals surface area contributed by atoms with E-state index in [9.17, 15) is 4.79 Å². The Morgan fingerprint density at radius 3 is 2.39 bits per heavy atom. The standard InChI is InChI=1S/C26H24N4O2S/c1-3-17-9-11-19(12-10-17)23(31)24-22(18-13-15-21(32-2)16-14-18)29-30-25(27-28-26(30)33-24)20-7-5-4-6-8-20/h4-16,22,24,29H,3H2,1-2H3/t22-,24+/m1/s1. The lowest BCUT2D eigenvalue weighted by Gasteiger charge is -2.33. The second-order valence-electron chi connectivity index (χ2n) is 7.84. The normalized spacial score (nSPS) is 17.2. The second kappa shape index (κ2) is 9.11. The van der Waals surface area contributed by atoms with E-state index in [1.165, 1.54) is 17.3 Å². The summed E-state index contributed by atoms with van der Waals surface area (Å²) in [5.41, 5.74) is 7.38. The van der Waals surface area contributed by atoms with Gasteiger partial charge in [0.15, 0.2) is 11.6 Å². The number of methoxy groups -OCH3 is 1. The molecule has 1 N–H and O–H groups in total. The van der Waals surface area contributed by atoms with Gasteiger partial charge in [0.05, 0.1) is 13.2 Å². The van der Waals surface area contributed by atoms with Crippen molar-refractivity contribution in [1.29, 1.82) is 0 Å². The molecule has 0 spiro atoms. The van der Waals surface area contributed by atoms with Crippen molar-refractivity contribution in [1.82, 2.24) is 14.9 Å². The highest BCUT2D eigenvalue weighted by Crippen LogP contribution is 2.40. The largest absolute Gasteiger partial charge is 0.497 e. The van der Waals surface area contributed by atoms with Gasteiger partial charge in [-0.15, -0.1) is 10.2 Å². The van der Waals surface area contributed by atoms with E-state index < -0.39 is 5.25 Å². The van der Waals surface area contributed by atoms with Gasteiger partial charge in [-0.05, 0) is 29.7 Å². The molecule has 0 aliphatic carbocycles. The van der Waals surface area contributed by atoms with Gasteiger partial charge in [-0.2, -0.15) is 0 Å². The Morgan fingerprint density at radius 2 is 1.73 bits per heavy atom. The second-order valence-corrected chi connectivity index (χ2v) is 8.95. The Balaban J connectivity index is 1.55. The van der Waals surface area contributed by atoms with Gasteiger partial charge in [0, 0.05) is 11.1 Å². The molecule has 7 heteroatoms. The fourth-order valence-corrected chi connectivity index (χ4v) is 5.12. The van der Waals surface area contributed by atoms with E-state index in [0.29, 0.717) is 10.7 Å². The summed E-state index contributed by atoms with van der Waals surface area (Å²) in [5.74, 6) is 1.55. The van der Waals surface area contributed by atoms with Crippen LogP contribution < -0.4 is 10.2 Å².